The summed E-state index contributed by atoms with van der Waals surface area (Å²) < 4.78 is 5.22. The van der Waals surface area contributed by atoms with Crippen LogP contribution in [0.2, 0.25) is 0 Å². The molecule has 1 fully saturated rings. The van der Waals surface area contributed by atoms with Gasteiger partial charge in [-0.2, -0.15) is 0 Å². The molecule has 0 unspecified atom stereocenters. The highest BCUT2D eigenvalue weighted by atomic mass is 16.5. The molecule has 140 valence electrons. The lowest BCUT2D eigenvalue weighted by molar-refractivity contribution is -0.147. The standard InChI is InChI=1S/C20H36O4/c1-20(2,19(22)23)16-12-10-8-6-4-3-5-7-9-11-13-18(21)24-17-14-15-17/h17H,3-16H2,1-2H3,(H,22,23). The Morgan fingerprint density at radius 3 is 1.79 bits per heavy atom. The molecule has 0 aromatic carbocycles. The number of carbonyl (C=O) groups is 2. The molecular weight excluding hydrogens is 304 g/mol. The highest BCUT2D eigenvalue weighted by Gasteiger charge is 2.26. The fourth-order valence-electron chi connectivity index (χ4n) is 2.79. The van der Waals surface area contributed by atoms with Crippen LogP contribution in [0, 0.1) is 5.41 Å². The van der Waals surface area contributed by atoms with Crippen molar-refractivity contribution < 1.29 is 19.4 Å². The number of rotatable bonds is 15. The van der Waals surface area contributed by atoms with Gasteiger partial charge in [-0.1, -0.05) is 57.8 Å². The minimum atomic E-state index is -0.691. The molecule has 0 bridgehead atoms. The number of hydrogen-bond donors (Lipinski definition) is 1. The molecule has 0 amide bonds. The van der Waals surface area contributed by atoms with E-state index in [-0.39, 0.29) is 12.1 Å². The molecule has 0 atom stereocenters. The van der Waals surface area contributed by atoms with Gasteiger partial charge in [-0.3, -0.25) is 9.59 Å². The highest BCUT2D eigenvalue weighted by Crippen LogP contribution is 2.25. The molecule has 4 heteroatoms. The summed E-state index contributed by atoms with van der Waals surface area (Å²) in [5, 5.41) is 9.05. The maximum Gasteiger partial charge on any atom is 0.309 e. The number of ether oxygens (including phenoxy) is 1. The molecule has 0 aliphatic heterocycles. The molecular formula is C20H36O4. The van der Waals surface area contributed by atoms with Gasteiger partial charge in [0.05, 0.1) is 5.41 Å². The van der Waals surface area contributed by atoms with Crippen molar-refractivity contribution in [3.63, 3.8) is 0 Å². The second-order valence-electron chi connectivity index (χ2n) is 7.91. The molecule has 0 spiro atoms. The van der Waals surface area contributed by atoms with Crippen LogP contribution in [0.25, 0.3) is 0 Å². The molecule has 1 N–H and O–H groups in total. The van der Waals surface area contributed by atoms with Crippen molar-refractivity contribution in [2.24, 2.45) is 5.41 Å². The minimum Gasteiger partial charge on any atom is -0.481 e. The number of hydrogen-bond acceptors (Lipinski definition) is 3. The van der Waals surface area contributed by atoms with Gasteiger partial charge >= 0.3 is 11.9 Å². The first-order chi connectivity index (χ1) is 11.4. The van der Waals surface area contributed by atoms with Gasteiger partial charge in [0.25, 0.3) is 0 Å². The van der Waals surface area contributed by atoms with Crippen molar-refractivity contribution in [3.05, 3.63) is 0 Å². The topological polar surface area (TPSA) is 63.6 Å². The van der Waals surface area contributed by atoms with E-state index in [1.165, 1.54) is 38.5 Å². The lowest BCUT2D eigenvalue weighted by Gasteiger charge is -2.18. The summed E-state index contributed by atoms with van der Waals surface area (Å²) in [4.78, 5) is 22.4. The summed E-state index contributed by atoms with van der Waals surface area (Å²) in [6.45, 7) is 3.61. The zero-order chi connectivity index (χ0) is 17.8. The van der Waals surface area contributed by atoms with Crippen LogP contribution >= 0.6 is 0 Å². The van der Waals surface area contributed by atoms with Gasteiger partial charge in [-0.25, -0.2) is 0 Å². The van der Waals surface area contributed by atoms with Gasteiger partial charge < -0.3 is 9.84 Å². The molecule has 0 heterocycles. The Labute approximate surface area is 147 Å². The van der Waals surface area contributed by atoms with Crippen LogP contribution < -0.4 is 0 Å². The third kappa shape index (κ3) is 10.7. The quantitative estimate of drug-likeness (QED) is 0.316. The van der Waals surface area contributed by atoms with E-state index in [0.717, 1.165) is 44.9 Å². The predicted octanol–water partition coefficient (Wildman–Crippen LogP) is 5.48. The summed E-state index contributed by atoms with van der Waals surface area (Å²) in [6.07, 6.45) is 15.4. The van der Waals surface area contributed by atoms with Gasteiger partial charge in [0.15, 0.2) is 0 Å². The SMILES string of the molecule is CC(C)(CCCCCCCCCCCCC(=O)OC1CC1)C(=O)O. The van der Waals surface area contributed by atoms with Gasteiger partial charge in [-0.05, 0) is 39.5 Å². The molecule has 24 heavy (non-hydrogen) atoms. The van der Waals surface area contributed by atoms with Gasteiger partial charge in [0.2, 0.25) is 0 Å². The highest BCUT2D eigenvalue weighted by molar-refractivity contribution is 5.73. The van der Waals surface area contributed by atoms with Crippen LogP contribution in [0.15, 0.2) is 0 Å². The van der Waals surface area contributed by atoms with Crippen molar-refractivity contribution in [2.45, 2.75) is 110 Å². The normalized spacial score (nSPS) is 14.6. The molecule has 1 rings (SSSR count). The smallest absolute Gasteiger partial charge is 0.309 e. The van der Waals surface area contributed by atoms with Crippen LogP contribution in [-0.2, 0) is 14.3 Å². The van der Waals surface area contributed by atoms with Crippen LogP contribution in [0.1, 0.15) is 104 Å². The van der Waals surface area contributed by atoms with Crippen LogP contribution in [0.3, 0.4) is 0 Å². The third-order valence-corrected chi connectivity index (χ3v) is 4.83. The number of carboxylic acids is 1. The van der Waals surface area contributed by atoms with E-state index in [1.54, 1.807) is 13.8 Å². The number of carbonyl (C=O) groups excluding carboxylic acids is 1. The molecule has 0 radical (unpaired) electrons. The Hall–Kier alpha value is -1.06. The number of esters is 1. The zero-order valence-electron chi connectivity index (χ0n) is 15.6. The van der Waals surface area contributed by atoms with Crippen molar-refractivity contribution in [3.8, 4) is 0 Å². The second kappa shape index (κ2) is 11.5. The van der Waals surface area contributed by atoms with E-state index in [4.69, 9.17) is 9.84 Å². The molecule has 1 aliphatic carbocycles. The van der Waals surface area contributed by atoms with Crippen molar-refractivity contribution in [1.29, 1.82) is 0 Å². The summed E-state index contributed by atoms with van der Waals surface area (Å²) in [5.74, 6) is -0.702. The zero-order valence-corrected chi connectivity index (χ0v) is 15.6. The Bertz CT molecular complexity index is 372. The third-order valence-electron chi connectivity index (χ3n) is 4.83. The van der Waals surface area contributed by atoms with Gasteiger partial charge in [0, 0.05) is 6.42 Å². The Morgan fingerprint density at radius 1 is 0.875 bits per heavy atom. The summed E-state index contributed by atoms with van der Waals surface area (Å²) in [5.41, 5.74) is -0.578. The number of aliphatic carboxylic acids is 1. The summed E-state index contributed by atoms with van der Waals surface area (Å²) in [6, 6.07) is 0. The Balaban J connectivity index is 1.77. The second-order valence-corrected chi connectivity index (χ2v) is 7.91. The van der Waals surface area contributed by atoms with E-state index in [9.17, 15) is 9.59 Å². The molecule has 1 aliphatic rings. The maximum absolute atomic E-state index is 11.4. The number of unbranched alkanes of at least 4 members (excludes halogenated alkanes) is 9. The average molecular weight is 341 g/mol. The van der Waals surface area contributed by atoms with Crippen LogP contribution in [0.4, 0.5) is 0 Å². The van der Waals surface area contributed by atoms with E-state index in [1.807, 2.05) is 0 Å². The van der Waals surface area contributed by atoms with Gasteiger partial charge in [0.1, 0.15) is 6.10 Å². The molecule has 0 aromatic rings. The molecule has 0 saturated heterocycles. The van der Waals surface area contributed by atoms with E-state index >= 15 is 0 Å². The lowest BCUT2D eigenvalue weighted by atomic mass is 9.87. The summed E-state index contributed by atoms with van der Waals surface area (Å²) >= 11 is 0. The van der Waals surface area contributed by atoms with Crippen LogP contribution in [0.5, 0.6) is 0 Å². The van der Waals surface area contributed by atoms with Gasteiger partial charge in [-0.15, -0.1) is 0 Å². The maximum atomic E-state index is 11.4. The molecule has 4 nitrogen and oxygen atoms in total. The molecule has 0 aromatic heterocycles. The largest absolute Gasteiger partial charge is 0.481 e. The first kappa shape index (κ1) is 21.0. The van der Waals surface area contributed by atoms with Crippen molar-refractivity contribution in [1.82, 2.24) is 0 Å². The van der Waals surface area contributed by atoms with Crippen molar-refractivity contribution >= 4 is 11.9 Å². The fraction of sp³-hybridized carbons (Fsp3) is 0.900. The van der Waals surface area contributed by atoms with E-state index in [0.29, 0.717) is 6.42 Å². The Kier molecular flexibility index (Phi) is 10.0. The fourth-order valence-corrected chi connectivity index (χ4v) is 2.79. The summed E-state index contributed by atoms with van der Waals surface area (Å²) in [7, 11) is 0. The monoisotopic (exact) mass is 340 g/mol. The minimum absolute atomic E-state index is 0.0106. The number of carboxylic acid groups (broad SMARTS) is 1. The molecule has 1 saturated carbocycles. The Morgan fingerprint density at radius 2 is 1.33 bits per heavy atom. The predicted molar refractivity (Wildman–Crippen MR) is 95.9 cm³/mol. The lowest BCUT2D eigenvalue weighted by Crippen LogP contribution is -2.23. The first-order valence-corrected chi connectivity index (χ1v) is 9.85. The first-order valence-electron chi connectivity index (χ1n) is 9.85. The van der Waals surface area contributed by atoms with Crippen LogP contribution in [-0.4, -0.2) is 23.1 Å². The van der Waals surface area contributed by atoms with E-state index in [2.05, 4.69) is 0 Å². The van der Waals surface area contributed by atoms with E-state index < -0.39 is 11.4 Å². The van der Waals surface area contributed by atoms with Crippen molar-refractivity contribution in [2.75, 3.05) is 0 Å². The average Bonchev–Trinajstić information content (AvgIpc) is 3.32.